The summed E-state index contributed by atoms with van der Waals surface area (Å²) in [4.78, 5) is 7.67. The Hall–Kier alpha value is -2.99. The van der Waals surface area contributed by atoms with Gasteiger partial charge in [-0.1, -0.05) is 18.2 Å². The number of ether oxygens (including phenoxy) is 1. The van der Waals surface area contributed by atoms with Crippen molar-refractivity contribution in [3.63, 3.8) is 0 Å². The summed E-state index contributed by atoms with van der Waals surface area (Å²) in [5, 5.41) is 3.69. The summed E-state index contributed by atoms with van der Waals surface area (Å²) < 4.78 is 8.46. The lowest BCUT2D eigenvalue weighted by molar-refractivity contribution is 0.414. The minimum atomic E-state index is 0.706. The third-order valence-corrected chi connectivity index (χ3v) is 7.44. The molecule has 0 aliphatic carbocycles. The van der Waals surface area contributed by atoms with Crippen molar-refractivity contribution in [3.05, 3.63) is 75.9 Å². The molecule has 4 aromatic rings. The molecule has 4 heterocycles. The number of methoxy groups -OCH3 is 1. The largest absolute Gasteiger partial charge is 0.497 e. The fraction of sp³-hybridized carbons (Fsp3) is 0.296. The molecule has 2 aliphatic heterocycles. The van der Waals surface area contributed by atoms with Crippen LogP contribution in [0, 0.1) is 0 Å². The number of benzene rings is 2. The molecule has 33 heavy (non-hydrogen) atoms. The first-order chi connectivity index (χ1) is 16.2. The van der Waals surface area contributed by atoms with Crippen LogP contribution in [0.5, 0.6) is 5.75 Å². The number of imidazole rings is 1. The number of aryl methyl sites for hydroxylation is 2. The van der Waals surface area contributed by atoms with Crippen LogP contribution in [0.25, 0.3) is 16.9 Å². The van der Waals surface area contributed by atoms with Gasteiger partial charge in [-0.05, 0) is 94.7 Å². The summed E-state index contributed by atoms with van der Waals surface area (Å²) in [6, 6.07) is 19.1. The van der Waals surface area contributed by atoms with Crippen molar-refractivity contribution >= 4 is 33.1 Å². The molecule has 0 saturated carbocycles. The van der Waals surface area contributed by atoms with E-state index in [-0.39, 0.29) is 0 Å². The average Bonchev–Trinajstić information content (AvgIpc) is 3.23. The summed E-state index contributed by atoms with van der Waals surface area (Å²) in [5.41, 5.74) is 8.80. The van der Waals surface area contributed by atoms with E-state index in [0.717, 1.165) is 40.4 Å². The van der Waals surface area contributed by atoms with Crippen LogP contribution in [0.4, 0.5) is 11.5 Å². The van der Waals surface area contributed by atoms with Gasteiger partial charge in [0, 0.05) is 30.9 Å². The monoisotopic (exact) mass is 502 g/mol. The van der Waals surface area contributed by atoms with Gasteiger partial charge in [-0.2, -0.15) is 0 Å². The van der Waals surface area contributed by atoms with Crippen LogP contribution in [0.1, 0.15) is 29.5 Å². The maximum absolute atomic E-state index is 5.31. The van der Waals surface area contributed by atoms with Gasteiger partial charge in [0.15, 0.2) is 0 Å². The first kappa shape index (κ1) is 20.6. The van der Waals surface area contributed by atoms with Crippen LogP contribution in [0.3, 0.4) is 0 Å². The average molecular weight is 503 g/mol. The Labute approximate surface area is 202 Å². The van der Waals surface area contributed by atoms with Crippen LogP contribution >= 0.6 is 15.9 Å². The molecule has 2 aromatic heterocycles. The van der Waals surface area contributed by atoms with Gasteiger partial charge in [0.2, 0.25) is 0 Å². The molecule has 0 fully saturated rings. The van der Waals surface area contributed by atoms with Crippen molar-refractivity contribution in [2.75, 3.05) is 30.4 Å². The Morgan fingerprint density at radius 3 is 2.42 bits per heavy atom. The van der Waals surface area contributed by atoms with Gasteiger partial charge in [0.1, 0.15) is 22.9 Å². The number of anilines is 2. The number of fused-ring (bicyclic) bond motifs is 1. The van der Waals surface area contributed by atoms with Crippen LogP contribution in [-0.2, 0) is 19.4 Å². The zero-order valence-electron chi connectivity index (χ0n) is 18.8. The maximum atomic E-state index is 5.31. The molecular formula is C27H27BrN4O. The number of hydrogen-bond acceptors (Lipinski definition) is 4. The highest BCUT2D eigenvalue weighted by Crippen LogP contribution is 2.40. The van der Waals surface area contributed by atoms with Crippen LogP contribution < -0.4 is 15.0 Å². The molecule has 6 heteroatoms. The Morgan fingerprint density at radius 1 is 1.00 bits per heavy atom. The molecular weight excluding hydrogens is 476 g/mol. The van der Waals surface area contributed by atoms with Crippen molar-refractivity contribution in [2.24, 2.45) is 0 Å². The molecule has 0 amide bonds. The predicted molar refractivity (Wildman–Crippen MR) is 138 cm³/mol. The van der Waals surface area contributed by atoms with E-state index >= 15 is 0 Å². The molecule has 2 aliphatic rings. The molecule has 0 bridgehead atoms. The van der Waals surface area contributed by atoms with Gasteiger partial charge >= 0.3 is 0 Å². The fourth-order valence-electron chi connectivity index (χ4n) is 5.29. The van der Waals surface area contributed by atoms with Crippen molar-refractivity contribution < 1.29 is 4.74 Å². The highest BCUT2D eigenvalue weighted by Gasteiger charge is 2.26. The fourth-order valence-corrected chi connectivity index (χ4v) is 5.80. The quantitative estimate of drug-likeness (QED) is 0.335. The van der Waals surface area contributed by atoms with E-state index in [9.17, 15) is 0 Å². The van der Waals surface area contributed by atoms with E-state index in [1.54, 1.807) is 7.11 Å². The topological polar surface area (TPSA) is 41.8 Å². The molecule has 0 radical (unpaired) electrons. The second-order valence-corrected chi connectivity index (χ2v) is 9.70. The number of halogens is 1. The van der Waals surface area contributed by atoms with Crippen molar-refractivity contribution in [1.82, 2.24) is 9.38 Å². The summed E-state index contributed by atoms with van der Waals surface area (Å²) in [5.74, 6) is 1.89. The Morgan fingerprint density at radius 2 is 1.73 bits per heavy atom. The third-order valence-electron chi connectivity index (χ3n) is 6.82. The number of pyridine rings is 1. The van der Waals surface area contributed by atoms with Crippen molar-refractivity contribution in [2.45, 2.75) is 32.2 Å². The van der Waals surface area contributed by atoms with E-state index in [1.165, 1.54) is 53.9 Å². The summed E-state index contributed by atoms with van der Waals surface area (Å²) in [6.07, 6.45) is 4.76. The molecule has 6 rings (SSSR count). The lowest BCUT2D eigenvalue weighted by Crippen LogP contribution is -2.34. The third kappa shape index (κ3) is 3.66. The molecule has 5 nitrogen and oxygen atoms in total. The Balaban J connectivity index is 1.44. The van der Waals surface area contributed by atoms with Gasteiger partial charge in [-0.25, -0.2) is 4.98 Å². The van der Waals surface area contributed by atoms with Gasteiger partial charge in [-0.15, -0.1) is 0 Å². The minimum absolute atomic E-state index is 0.706. The molecule has 0 saturated heterocycles. The first-order valence-electron chi connectivity index (χ1n) is 11.7. The Bertz CT molecular complexity index is 1300. The summed E-state index contributed by atoms with van der Waals surface area (Å²) >= 11 is 3.74. The van der Waals surface area contributed by atoms with Crippen LogP contribution in [-0.4, -0.2) is 29.6 Å². The smallest absolute Gasteiger partial charge is 0.140 e. The highest BCUT2D eigenvalue weighted by molar-refractivity contribution is 9.10. The summed E-state index contributed by atoms with van der Waals surface area (Å²) in [6.45, 7) is 3.09. The lowest BCUT2D eigenvalue weighted by Gasteiger charge is -2.37. The number of rotatable bonds is 5. The number of hydrogen-bond donors (Lipinski definition) is 1. The predicted octanol–water partition coefficient (Wildman–Crippen LogP) is 6.08. The molecule has 0 unspecified atom stereocenters. The van der Waals surface area contributed by atoms with E-state index < -0.39 is 0 Å². The standard InChI is InChI=1S/C27H27BrN4O/c1-33-22-11-9-18(10-12-22)17-29-27-25(30-24-8-2-7-23(28)32(24)27)21-15-19-5-3-13-31-14-4-6-20(16-21)26(19)31/h2,7-12,15-16,29H,3-6,13-14,17H2,1H3. The first-order valence-corrected chi connectivity index (χ1v) is 12.5. The molecule has 0 atom stereocenters. The Kier molecular flexibility index (Phi) is 5.25. The van der Waals surface area contributed by atoms with Crippen LogP contribution in [0.2, 0.25) is 0 Å². The zero-order valence-corrected chi connectivity index (χ0v) is 20.4. The number of nitrogens with one attached hydrogen (secondary N) is 1. The lowest BCUT2D eigenvalue weighted by atomic mass is 9.89. The van der Waals surface area contributed by atoms with Gasteiger partial charge in [0.25, 0.3) is 0 Å². The van der Waals surface area contributed by atoms with E-state index in [2.05, 4.69) is 66.9 Å². The van der Waals surface area contributed by atoms with E-state index in [1.807, 2.05) is 18.2 Å². The second-order valence-electron chi connectivity index (χ2n) is 8.89. The van der Waals surface area contributed by atoms with Gasteiger partial charge < -0.3 is 15.0 Å². The normalized spacial score (nSPS) is 14.9. The summed E-state index contributed by atoms with van der Waals surface area (Å²) in [7, 11) is 1.70. The van der Waals surface area contributed by atoms with Crippen molar-refractivity contribution in [3.8, 4) is 17.0 Å². The van der Waals surface area contributed by atoms with Crippen molar-refractivity contribution in [1.29, 1.82) is 0 Å². The van der Waals surface area contributed by atoms with Gasteiger partial charge in [-0.3, -0.25) is 4.40 Å². The maximum Gasteiger partial charge on any atom is 0.140 e. The number of nitrogens with zero attached hydrogens (tertiary/aromatic N) is 3. The minimum Gasteiger partial charge on any atom is -0.497 e. The molecule has 0 spiro atoms. The SMILES string of the molecule is COc1ccc(CNc2c(-c3cc4c5c(c3)CCCN5CCC4)nc3cccc(Br)n23)cc1. The molecule has 168 valence electrons. The highest BCUT2D eigenvalue weighted by atomic mass is 79.9. The van der Waals surface area contributed by atoms with Crippen LogP contribution in [0.15, 0.2) is 59.2 Å². The van der Waals surface area contributed by atoms with Gasteiger partial charge in [0.05, 0.1) is 11.7 Å². The zero-order chi connectivity index (χ0) is 22.4. The number of aromatic nitrogens is 2. The van der Waals surface area contributed by atoms with E-state index in [4.69, 9.17) is 9.72 Å². The molecule has 2 aromatic carbocycles. The second kappa shape index (κ2) is 8.41. The molecule has 1 N–H and O–H groups in total. The van der Waals surface area contributed by atoms with E-state index in [0.29, 0.717) is 6.54 Å².